The van der Waals surface area contributed by atoms with E-state index in [1.54, 1.807) is 24.9 Å². The first-order valence-corrected chi connectivity index (χ1v) is 10.0. The fourth-order valence-corrected chi connectivity index (χ4v) is 4.12. The number of pyridine rings is 1. The maximum absolute atomic E-state index is 12.3. The van der Waals surface area contributed by atoms with E-state index >= 15 is 0 Å². The van der Waals surface area contributed by atoms with Crippen molar-refractivity contribution in [1.29, 1.82) is 0 Å². The highest BCUT2D eigenvalue weighted by Crippen LogP contribution is 2.35. The fraction of sp³-hybridized carbons (Fsp3) is 0.333. The highest BCUT2D eigenvalue weighted by molar-refractivity contribution is 6.00. The van der Waals surface area contributed by atoms with Gasteiger partial charge in [0.1, 0.15) is 23.1 Å². The van der Waals surface area contributed by atoms with Crippen molar-refractivity contribution in [2.45, 2.75) is 12.1 Å². The highest BCUT2D eigenvalue weighted by atomic mass is 16.5. The van der Waals surface area contributed by atoms with Crippen LogP contribution in [0.25, 0.3) is 27.9 Å². The van der Waals surface area contributed by atoms with Gasteiger partial charge in [0.15, 0.2) is 5.65 Å². The molecule has 0 unspecified atom stereocenters. The number of ether oxygens (including phenoxy) is 2. The third-order valence-electron chi connectivity index (χ3n) is 5.73. The summed E-state index contributed by atoms with van der Waals surface area (Å²) in [7, 11) is 5.09. The van der Waals surface area contributed by atoms with Crippen LogP contribution in [0.3, 0.4) is 0 Å². The second-order valence-electron chi connectivity index (χ2n) is 7.35. The SMILES string of the molecule is CNC(=O)c1cnn2c(NC)cc(-c3cn([C@H]4COC[C@@H]4OC)c4ncccc34)nc12. The summed E-state index contributed by atoms with van der Waals surface area (Å²) in [6.45, 7) is 1.10. The summed E-state index contributed by atoms with van der Waals surface area (Å²) in [6.07, 6.45) is 5.28. The van der Waals surface area contributed by atoms with Crippen LogP contribution >= 0.6 is 0 Å². The minimum absolute atomic E-state index is 0.0139. The molecule has 2 atom stereocenters. The van der Waals surface area contributed by atoms with Crippen LogP contribution in [0, 0.1) is 0 Å². The summed E-state index contributed by atoms with van der Waals surface area (Å²) < 4.78 is 15.0. The molecule has 0 aromatic carbocycles. The van der Waals surface area contributed by atoms with Gasteiger partial charge in [-0.3, -0.25) is 4.79 Å². The van der Waals surface area contributed by atoms with Crippen molar-refractivity contribution < 1.29 is 14.3 Å². The Morgan fingerprint density at radius 3 is 2.94 bits per heavy atom. The first-order valence-electron chi connectivity index (χ1n) is 10.0. The van der Waals surface area contributed by atoms with Crippen molar-refractivity contribution >= 4 is 28.4 Å². The van der Waals surface area contributed by atoms with Crippen LogP contribution < -0.4 is 10.6 Å². The van der Waals surface area contributed by atoms with Crippen LogP contribution in [-0.4, -0.2) is 70.6 Å². The molecule has 160 valence electrons. The maximum atomic E-state index is 12.3. The molecule has 4 aromatic heterocycles. The Morgan fingerprint density at radius 2 is 2.16 bits per heavy atom. The quantitative estimate of drug-likeness (QED) is 0.505. The average Bonchev–Trinajstić information content (AvgIpc) is 3.53. The van der Waals surface area contributed by atoms with Gasteiger partial charge in [0.05, 0.1) is 31.1 Å². The summed E-state index contributed by atoms with van der Waals surface area (Å²) in [6, 6.07) is 5.85. The molecule has 2 N–H and O–H groups in total. The first-order chi connectivity index (χ1) is 15.2. The van der Waals surface area contributed by atoms with E-state index in [4.69, 9.17) is 14.5 Å². The number of methoxy groups -OCH3 is 1. The topological polar surface area (TPSA) is 108 Å². The third kappa shape index (κ3) is 3.03. The number of anilines is 1. The van der Waals surface area contributed by atoms with Gasteiger partial charge in [-0.05, 0) is 12.1 Å². The molecular weight excluding hydrogens is 398 g/mol. The van der Waals surface area contributed by atoms with E-state index in [1.165, 1.54) is 6.20 Å². The number of rotatable bonds is 5. The molecular formula is C21H23N7O3. The molecule has 5 heterocycles. The number of hydrogen-bond donors (Lipinski definition) is 2. The van der Waals surface area contributed by atoms with Crippen molar-refractivity contribution in [3.05, 3.63) is 42.4 Å². The van der Waals surface area contributed by atoms with E-state index in [0.29, 0.717) is 30.1 Å². The summed E-state index contributed by atoms with van der Waals surface area (Å²) in [5.74, 6) is 0.482. The predicted molar refractivity (Wildman–Crippen MR) is 115 cm³/mol. The second kappa shape index (κ2) is 7.64. The fourth-order valence-electron chi connectivity index (χ4n) is 4.12. The number of amides is 1. The van der Waals surface area contributed by atoms with Crippen LogP contribution in [-0.2, 0) is 9.47 Å². The van der Waals surface area contributed by atoms with Gasteiger partial charge in [-0.25, -0.2) is 9.97 Å². The van der Waals surface area contributed by atoms with Crippen molar-refractivity contribution in [3.8, 4) is 11.3 Å². The smallest absolute Gasteiger partial charge is 0.256 e. The van der Waals surface area contributed by atoms with E-state index in [9.17, 15) is 4.79 Å². The Balaban J connectivity index is 1.73. The normalized spacial score (nSPS) is 18.7. The molecule has 0 bridgehead atoms. The lowest BCUT2D eigenvalue weighted by molar-refractivity contribution is 0.0692. The van der Waals surface area contributed by atoms with Gasteiger partial charge in [0, 0.05) is 50.6 Å². The van der Waals surface area contributed by atoms with Gasteiger partial charge >= 0.3 is 0 Å². The molecule has 1 aliphatic heterocycles. The molecule has 0 radical (unpaired) electrons. The summed E-state index contributed by atoms with van der Waals surface area (Å²) in [5.41, 5.74) is 3.35. The van der Waals surface area contributed by atoms with Crippen LogP contribution in [0.2, 0.25) is 0 Å². The van der Waals surface area contributed by atoms with Crippen LogP contribution in [0.4, 0.5) is 5.82 Å². The van der Waals surface area contributed by atoms with Crippen LogP contribution in [0.15, 0.2) is 36.8 Å². The zero-order chi connectivity index (χ0) is 21.5. The molecule has 1 aliphatic rings. The number of nitrogens with zero attached hydrogens (tertiary/aromatic N) is 5. The maximum Gasteiger partial charge on any atom is 0.256 e. The minimum atomic E-state index is -0.239. The summed E-state index contributed by atoms with van der Waals surface area (Å²) in [4.78, 5) is 21.8. The van der Waals surface area contributed by atoms with Crippen LogP contribution in [0.1, 0.15) is 16.4 Å². The Hall–Kier alpha value is -3.50. The van der Waals surface area contributed by atoms with Crippen LogP contribution in [0.5, 0.6) is 0 Å². The van der Waals surface area contributed by atoms with Gasteiger partial charge in [-0.2, -0.15) is 9.61 Å². The average molecular weight is 421 g/mol. The highest BCUT2D eigenvalue weighted by Gasteiger charge is 2.32. The van der Waals surface area contributed by atoms with Crippen molar-refractivity contribution in [3.63, 3.8) is 0 Å². The molecule has 10 nitrogen and oxygen atoms in total. The molecule has 0 spiro atoms. The molecule has 10 heteroatoms. The van der Waals surface area contributed by atoms with Gasteiger partial charge < -0.3 is 24.7 Å². The lowest BCUT2D eigenvalue weighted by Gasteiger charge is -2.18. The molecule has 5 rings (SSSR count). The van der Waals surface area contributed by atoms with Crippen molar-refractivity contribution in [2.75, 3.05) is 39.7 Å². The van der Waals surface area contributed by atoms with Crippen molar-refractivity contribution in [1.82, 2.24) is 29.5 Å². The van der Waals surface area contributed by atoms with Gasteiger partial charge in [0.25, 0.3) is 5.91 Å². The number of hydrogen-bond acceptors (Lipinski definition) is 7. The number of carbonyl (C=O) groups excluding carboxylic acids is 1. The number of fused-ring (bicyclic) bond motifs is 2. The lowest BCUT2D eigenvalue weighted by Crippen LogP contribution is -2.24. The molecule has 31 heavy (non-hydrogen) atoms. The number of carbonyl (C=O) groups is 1. The molecule has 0 aliphatic carbocycles. The van der Waals surface area contributed by atoms with Crippen molar-refractivity contribution in [2.24, 2.45) is 0 Å². The molecule has 1 amide bonds. The third-order valence-corrected chi connectivity index (χ3v) is 5.73. The Morgan fingerprint density at radius 1 is 1.29 bits per heavy atom. The zero-order valence-electron chi connectivity index (χ0n) is 17.5. The predicted octanol–water partition coefficient (Wildman–Crippen LogP) is 1.73. The largest absolute Gasteiger partial charge is 0.377 e. The lowest BCUT2D eigenvalue weighted by atomic mass is 10.1. The number of nitrogens with one attached hydrogen (secondary N) is 2. The van der Waals surface area contributed by atoms with E-state index in [2.05, 4.69) is 25.3 Å². The molecule has 1 fully saturated rings. The Bertz CT molecular complexity index is 1280. The standard InChI is InChI=1S/C21H23N7O3/c1-22-18-7-15(26-20-13(21(29)23-2)8-25-28(18)20)14-9-27(16-10-31-11-17(16)30-3)19-12(14)5-4-6-24-19/h4-9,16-17,22H,10-11H2,1-3H3,(H,23,29)/t16-,17-/m0/s1. The van der Waals surface area contributed by atoms with Gasteiger partial charge in [-0.15, -0.1) is 0 Å². The monoisotopic (exact) mass is 421 g/mol. The molecule has 1 saturated heterocycles. The number of aromatic nitrogens is 5. The Kier molecular flexibility index (Phi) is 4.79. The van der Waals surface area contributed by atoms with Gasteiger partial charge in [0.2, 0.25) is 0 Å². The first kappa shape index (κ1) is 19.5. The van der Waals surface area contributed by atoms with Gasteiger partial charge in [-0.1, -0.05) is 0 Å². The minimum Gasteiger partial charge on any atom is -0.377 e. The van der Waals surface area contributed by atoms with E-state index in [-0.39, 0.29) is 18.1 Å². The van der Waals surface area contributed by atoms with E-state index in [1.807, 2.05) is 31.4 Å². The molecule has 4 aromatic rings. The van der Waals surface area contributed by atoms with E-state index in [0.717, 1.165) is 22.4 Å². The summed E-state index contributed by atoms with van der Waals surface area (Å²) >= 11 is 0. The van der Waals surface area contributed by atoms with E-state index < -0.39 is 0 Å². The Labute approximate surface area is 178 Å². The summed E-state index contributed by atoms with van der Waals surface area (Å²) in [5, 5.41) is 11.1. The second-order valence-corrected chi connectivity index (χ2v) is 7.35. The molecule has 0 saturated carbocycles. The zero-order valence-corrected chi connectivity index (χ0v) is 17.5.